The smallest absolute Gasteiger partial charge is 0.255 e. The molecule has 0 fully saturated rings. The number of aromatic nitrogens is 1. The first-order valence-corrected chi connectivity index (χ1v) is 7.74. The number of halogens is 1. The Balaban J connectivity index is 1.84. The summed E-state index contributed by atoms with van der Waals surface area (Å²) in [4.78, 5) is 16.3. The molecule has 0 saturated carbocycles. The number of nitrogens with zero attached hydrogens (tertiary/aromatic N) is 1. The summed E-state index contributed by atoms with van der Waals surface area (Å²) in [5.74, 6) is -0.127. The molecule has 1 amide bonds. The average molecular weight is 395 g/mol. The molecule has 0 aliphatic carbocycles. The van der Waals surface area contributed by atoms with Crippen LogP contribution in [-0.4, -0.2) is 10.9 Å². The topological polar surface area (TPSA) is 68.0 Å². The highest BCUT2D eigenvalue weighted by Crippen LogP contribution is 2.26. The molecule has 0 radical (unpaired) electrons. The maximum atomic E-state index is 12.1. The van der Waals surface area contributed by atoms with E-state index >= 15 is 0 Å². The average Bonchev–Trinajstić information content (AvgIpc) is 2.78. The van der Waals surface area contributed by atoms with Crippen molar-refractivity contribution in [2.75, 3.05) is 11.1 Å². The van der Waals surface area contributed by atoms with E-state index in [9.17, 15) is 4.79 Å². The van der Waals surface area contributed by atoms with Gasteiger partial charge < -0.3 is 11.1 Å². The molecule has 0 bridgehead atoms. The van der Waals surface area contributed by atoms with Crippen LogP contribution in [0.2, 0.25) is 0 Å². The molecule has 0 unspecified atom stereocenters. The normalized spacial score (nSPS) is 10.7. The summed E-state index contributed by atoms with van der Waals surface area (Å²) in [5.41, 5.74) is 7.89. The number of hydrogen-bond acceptors (Lipinski definition) is 4. The lowest BCUT2D eigenvalue weighted by Gasteiger charge is -2.05. The maximum absolute atomic E-state index is 12.1. The van der Waals surface area contributed by atoms with E-state index in [1.54, 1.807) is 12.1 Å². The Kier molecular flexibility index (Phi) is 3.58. The lowest BCUT2D eigenvalue weighted by Crippen LogP contribution is -2.11. The van der Waals surface area contributed by atoms with Gasteiger partial charge in [0.25, 0.3) is 5.91 Å². The van der Waals surface area contributed by atoms with Crippen LogP contribution in [0.15, 0.2) is 42.5 Å². The van der Waals surface area contributed by atoms with Crippen molar-refractivity contribution in [1.82, 2.24) is 4.98 Å². The molecule has 1 heterocycles. The number of nitrogens with one attached hydrogen (secondary N) is 1. The van der Waals surface area contributed by atoms with E-state index < -0.39 is 0 Å². The molecule has 4 nitrogen and oxygen atoms in total. The number of nitrogen functional groups attached to an aromatic ring is 1. The van der Waals surface area contributed by atoms with Crippen LogP contribution in [-0.2, 0) is 0 Å². The standard InChI is InChI=1S/C14H10IN3OS/c15-9-3-1-8(2-4-9)13(19)17-10-5-6-11-12(7-10)20-14(16)18-11/h1-7H,(H2,16,18)(H,17,19). The van der Waals surface area contributed by atoms with Crippen molar-refractivity contribution in [3.63, 3.8) is 0 Å². The van der Waals surface area contributed by atoms with Crippen molar-refractivity contribution in [1.29, 1.82) is 0 Å². The fraction of sp³-hybridized carbons (Fsp3) is 0. The van der Waals surface area contributed by atoms with Crippen LogP contribution in [0.5, 0.6) is 0 Å². The Morgan fingerprint density at radius 3 is 2.70 bits per heavy atom. The van der Waals surface area contributed by atoms with Gasteiger partial charge in [0.15, 0.2) is 5.13 Å². The predicted molar refractivity (Wildman–Crippen MR) is 91.1 cm³/mol. The molecule has 1 aromatic heterocycles. The zero-order valence-corrected chi connectivity index (χ0v) is 13.2. The first-order valence-electron chi connectivity index (χ1n) is 5.85. The Bertz CT molecular complexity index is 783. The van der Waals surface area contributed by atoms with Crippen molar-refractivity contribution in [2.24, 2.45) is 0 Å². The lowest BCUT2D eigenvalue weighted by molar-refractivity contribution is 0.102. The molecular formula is C14H10IN3OS. The molecule has 20 heavy (non-hydrogen) atoms. The van der Waals surface area contributed by atoms with Crippen LogP contribution in [0.25, 0.3) is 10.2 Å². The summed E-state index contributed by atoms with van der Waals surface area (Å²) < 4.78 is 2.06. The quantitative estimate of drug-likeness (QED) is 0.650. The zero-order chi connectivity index (χ0) is 14.1. The molecule has 2 aromatic carbocycles. The zero-order valence-electron chi connectivity index (χ0n) is 10.3. The molecule has 3 rings (SSSR count). The van der Waals surface area contributed by atoms with Crippen molar-refractivity contribution >= 4 is 60.9 Å². The van der Waals surface area contributed by atoms with Crippen molar-refractivity contribution < 1.29 is 4.79 Å². The minimum Gasteiger partial charge on any atom is -0.375 e. The predicted octanol–water partition coefficient (Wildman–Crippen LogP) is 3.74. The Labute approximate surface area is 133 Å². The van der Waals surface area contributed by atoms with Crippen molar-refractivity contribution in [2.45, 2.75) is 0 Å². The summed E-state index contributed by atoms with van der Waals surface area (Å²) >= 11 is 3.61. The van der Waals surface area contributed by atoms with Gasteiger partial charge in [-0.2, -0.15) is 0 Å². The van der Waals surface area contributed by atoms with E-state index in [4.69, 9.17) is 5.73 Å². The summed E-state index contributed by atoms with van der Waals surface area (Å²) in [6, 6.07) is 13.0. The van der Waals surface area contributed by atoms with Crippen molar-refractivity contribution in [3.8, 4) is 0 Å². The number of rotatable bonds is 2. The summed E-state index contributed by atoms with van der Waals surface area (Å²) in [6.45, 7) is 0. The van der Waals surface area contributed by atoms with Gasteiger partial charge in [0.2, 0.25) is 0 Å². The van der Waals surface area contributed by atoms with Crippen LogP contribution in [0, 0.1) is 3.57 Å². The van der Waals surface area contributed by atoms with Gasteiger partial charge in [-0.15, -0.1) is 0 Å². The van der Waals surface area contributed by atoms with Gasteiger partial charge in [0.05, 0.1) is 10.2 Å². The van der Waals surface area contributed by atoms with Gasteiger partial charge >= 0.3 is 0 Å². The maximum Gasteiger partial charge on any atom is 0.255 e. The van der Waals surface area contributed by atoms with Gasteiger partial charge in [-0.25, -0.2) is 4.98 Å². The van der Waals surface area contributed by atoms with Crippen LogP contribution in [0.4, 0.5) is 10.8 Å². The monoisotopic (exact) mass is 395 g/mol. The minimum atomic E-state index is -0.127. The van der Waals surface area contributed by atoms with Gasteiger partial charge in [-0.05, 0) is 65.1 Å². The van der Waals surface area contributed by atoms with Crippen molar-refractivity contribution in [3.05, 3.63) is 51.6 Å². The van der Waals surface area contributed by atoms with E-state index in [0.29, 0.717) is 10.7 Å². The number of carbonyl (C=O) groups excluding carboxylic acids is 1. The second-order valence-corrected chi connectivity index (χ2v) is 6.50. The highest BCUT2D eigenvalue weighted by Gasteiger charge is 2.07. The SMILES string of the molecule is Nc1nc2ccc(NC(=O)c3ccc(I)cc3)cc2s1. The molecule has 0 spiro atoms. The van der Waals surface area contributed by atoms with Crippen LogP contribution in [0.1, 0.15) is 10.4 Å². The van der Waals surface area contributed by atoms with Gasteiger partial charge in [-0.3, -0.25) is 4.79 Å². The largest absolute Gasteiger partial charge is 0.375 e. The van der Waals surface area contributed by atoms with Crippen LogP contribution in [0.3, 0.4) is 0 Å². The lowest BCUT2D eigenvalue weighted by atomic mass is 10.2. The molecular weight excluding hydrogens is 385 g/mol. The first-order chi connectivity index (χ1) is 9.61. The van der Waals surface area contributed by atoms with Gasteiger partial charge in [-0.1, -0.05) is 11.3 Å². The summed E-state index contributed by atoms with van der Waals surface area (Å²) in [6.07, 6.45) is 0. The van der Waals surface area contributed by atoms with E-state index in [-0.39, 0.29) is 5.91 Å². The minimum absolute atomic E-state index is 0.127. The van der Waals surface area contributed by atoms with E-state index in [0.717, 1.165) is 19.5 Å². The number of hydrogen-bond donors (Lipinski definition) is 2. The second kappa shape index (κ2) is 5.37. The first kappa shape index (κ1) is 13.3. The Morgan fingerprint density at radius 2 is 1.95 bits per heavy atom. The number of carbonyl (C=O) groups is 1. The van der Waals surface area contributed by atoms with E-state index in [1.807, 2.05) is 30.3 Å². The number of thiazole rings is 1. The number of fused-ring (bicyclic) bond motifs is 1. The Hall–Kier alpha value is -1.67. The highest BCUT2D eigenvalue weighted by molar-refractivity contribution is 14.1. The number of anilines is 2. The third-order valence-electron chi connectivity index (χ3n) is 2.77. The molecule has 100 valence electrons. The van der Waals surface area contributed by atoms with Crippen LogP contribution < -0.4 is 11.1 Å². The Morgan fingerprint density at radius 1 is 1.20 bits per heavy atom. The number of amides is 1. The number of nitrogens with two attached hydrogens (primary N) is 1. The number of benzene rings is 2. The summed E-state index contributed by atoms with van der Waals surface area (Å²) in [5, 5.41) is 3.40. The third-order valence-corrected chi connectivity index (χ3v) is 4.34. The molecule has 0 aliphatic heterocycles. The molecule has 6 heteroatoms. The molecule has 0 atom stereocenters. The molecule has 0 saturated heterocycles. The molecule has 0 aliphatic rings. The second-order valence-electron chi connectivity index (χ2n) is 4.20. The fourth-order valence-electron chi connectivity index (χ4n) is 1.82. The van der Waals surface area contributed by atoms with E-state index in [1.165, 1.54) is 11.3 Å². The van der Waals surface area contributed by atoms with Crippen LogP contribution >= 0.6 is 33.9 Å². The van der Waals surface area contributed by atoms with Gasteiger partial charge in [0, 0.05) is 14.8 Å². The van der Waals surface area contributed by atoms with E-state index in [2.05, 4.69) is 32.9 Å². The van der Waals surface area contributed by atoms with Gasteiger partial charge in [0.1, 0.15) is 0 Å². The summed E-state index contributed by atoms with van der Waals surface area (Å²) in [7, 11) is 0. The fourth-order valence-corrected chi connectivity index (χ4v) is 2.96. The highest BCUT2D eigenvalue weighted by atomic mass is 127. The molecule has 3 aromatic rings. The third kappa shape index (κ3) is 2.75. The molecule has 3 N–H and O–H groups in total.